The Morgan fingerprint density at radius 3 is 2.13 bits per heavy atom. The van der Waals surface area contributed by atoms with E-state index in [0.29, 0.717) is 12.2 Å². The predicted octanol–water partition coefficient (Wildman–Crippen LogP) is 1.10. The van der Waals surface area contributed by atoms with E-state index in [1.165, 1.54) is 0 Å². The molecule has 2 rings (SSSR count). The van der Waals surface area contributed by atoms with Crippen molar-refractivity contribution in [3.63, 3.8) is 0 Å². The Hall–Kier alpha value is -0.958. The van der Waals surface area contributed by atoms with Gasteiger partial charge in [-0.05, 0) is 31.9 Å². The summed E-state index contributed by atoms with van der Waals surface area (Å²) < 4.78 is 5.17. The molecule has 1 radical (unpaired) electrons. The first-order valence-electron chi connectivity index (χ1n) is 7.05. The average Bonchev–Trinajstić information content (AvgIpc) is 2.45. The second-order valence-corrected chi connectivity index (χ2v) is 4.96. The predicted molar refractivity (Wildman–Crippen MR) is 84.7 cm³/mol. The molecule has 0 fully saturated rings. The Morgan fingerprint density at radius 2 is 1.61 bits per heavy atom. The Morgan fingerprint density at radius 1 is 1.04 bits per heavy atom. The molecule has 0 saturated carbocycles. The van der Waals surface area contributed by atoms with Crippen molar-refractivity contribution in [1.82, 2.24) is 0 Å². The molecule has 2 aromatic carbocycles. The van der Waals surface area contributed by atoms with E-state index in [2.05, 4.69) is 12.1 Å². The van der Waals surface area contributed by atoms with Gasteiger partial charge in [0.15, 0.2) is 0 Å². The SMILES string of the molecule is CCOC(=O)C(=[C]c1ccccc1)c1cc(C)cc(C)c1.[I-].[Pd]. The molecule has 0 atom stereocenters. The molecule has 4 heteroatoms. The molecule has 0 N–H and O–H groups in total. The molecule has 0 aliphatic heterocycles. The van der Waals surface area contributed by atoms with E-state index in [9.17, 15) is 4.79 Å². The fourth-order valence-electron chi connectivity index (χ4n) is 2.23. The Labute approximate surface area is 169 Å². The molecule has 23 heavy (non-hydrogen) atoms. The van der Waals surface area contributed by atoms with Gasteiger partial charge in [-0.2, -0.15) is 0 Å². The summed E-state index contributed by atoms with van der Waals surface area (Å²) in [6.45, 7) is 6.19. The van der Waals surface area contributed by atoms with E-state index in [1.54, 1.807) is 6.92 Å². The van der Waals surface area contributed by atoms with E-state index in [0.717, 1.165) is 22.3 Å². The number of esters is 1. The standard InChI is InChI=1S/C19H19O2.HI.Pd/c1-4-21-19(20)18(13-16-8-6-5-7-9-16)17-11-14(2)10-15(3)12-17;;/h5-12H,4H2,1-3H3;1H;/p-1. The van der Waals surface area contributed by atoms with Crippen LogP contribution in [0, 0.1) is 19.9 Å². The van der Waals surface area contributed by atoms with E-state index < -0.39 is 0 Å². The van der Waals surface area contributed by atoms with Crippen molar-refractivity contribution in [1.29, 1.82) is 0 Å². The van der Waals surface area contributed by atoms with Crippen LogP contribution >= 0.6 is 0 Å². The van der Waals surface area contributed by atoms with Crippen LogP contribution in [0.15, 0.2) is 48.5 Å². The van der Waals surface area contributed by atoms with Crippen molar-refractivity contribution < 1.29 is 53.9 Å². The molecule has 0 unspecified atom stereocenters. The molecule has 0 aliphatic carbocycles. The third-order valence-corrected chi connectivity index (χ3v) is 3.03. The number of carbonyl (C=O) groups excluding carboxylic acids is 1. The van der Waals surface area contributed by atoms with Crippen molar-refractivity contribution in [3.8, 4) is 0 Å². The Balaban J connectivity index is 0.00000242. The van der Waals surface area contributed by atoms with Gasteiger partial charge in [-0.3, -0.25) is 0 Å². The quantitative estimate of drug-likeness (QED) is 0.202. The second kappa shape index (κ2) is 10.7. The summed E-state index contributed by atoms with van der Waals surface area (Å²) in [4.78, 5) is 12.2. The molecular weight excluding hydrogens is 494 g/mol. The zero-order chi connectivity index (χ0) is 15.2. The second-order valence-electron chi connectivity index (χ2n) is 4.96. The Bertz CT molecular complexity index is 646. The van der Waals surface area contributed by atoms with Crippen molar-refractivity contribution in [3.05, 3.63) is 76.9 Å². The third-order valence-electron chi connectivity index (χ3n) is 3.03. The van der Waals surface area contributed by atoms with Gasteiger partial charge in [-0.25, -0.2) is 4.79 Å². The smallest absolute Gasteiger partial charge is 0.339 e. The van der Waals surface area contributed by atoms with Crippen molar-refractivity contribution in [2.45, 2.75) is 20.8 Å². The number of aryl methyl sites for hydroxylation is 2. The van der Waals surface area contributed by atoms with Gasteiger partial charge in [0.05, 0.1) is 12.2 Å². The summed E-state index contributed by atoms with van der Waals surface area (Å²) in [7, 11) is 0. The van der Waals surface area contributed by atoms with Crippen LogP contribution in [0.3, 0.4) is 0 Å². The normalized spacial score (nSPS) is 10.3. The maximum absolute atomic E-state index is 12.2. The minimum Gasteiger partial charge on any atom is -1.00 e. The molecule has 0 spiro atoms. The Kier molecular flexibility index (Phi) is 10.3. The van der Waals surface area contributed by atoms with Crippen LogP contribution in [0.5, 0.6) is 0 Å². The van der Waals surface area contributed by atoms with Crippen LogP contribution in [-0.2, 0) is 30.0 Å². The first-order chi connectivity index (χ1) is 10.1. The monoisotopic (exact) mass is 512 g/mol. The number of carbonyl (C=O) groups is 1. The summed E-state index contributed by atoms with van der Waals surface area (Å²) in [6, 6.07) is 15.7. The van der Waals surface area contributed by atoms with Gasteiger partial charge in [-0.15, -0.1) is 0 Å². The molecule has 0 bridgehead atoms. The maximum atomic E-state index is 12.2. The topological polar surface area (TPSA) is 26.3 Å². The third kappa shape index (κ3) is 6.58. The summed E-state index contributed by atoms with van der Waals surface area (Å²) >= 11 is 0. The molecule has 0 aromatic heterocycles. The minimum atomic E-state index is -0.341. The largest absolute Gasteiger partial charge is 1.00 e. The number of rotatable bonds is 4. The number of ether oxygens (including phenoxy) is 1. The van der Waals surface area contributed by atoms with E-state index >= 15 is 0 Å². The molecule has 0 amide bonds. The molecular formula is C19H19IO2Pd-. The van der Waals surface area contributed by atoms with Gasteiger partial charge in [-0.1, -0.05) is 59.7 Å². The van der Waals surface area contributed by atoms with E-state index in [4.69, 9.17) is 4.74 Å². The molecule has 2 nitrogen and oxygen atoms in total. The fourth-order valence-corrected chi connectivity index (χ4v) is 2.23. The van der Waals surface area contributed by atoms with Gasteiger partial charge in [0, 0.05) is 26.5 Å². The molecule has 0 aliphatic rings. The summed E-state index contributed by atoms with van der Waals surface area (Å²) in [5, 5.41) is 0. The summed E-state index contributed by atoms with van der Waals surface area (Å²) in [5.41, 5.74) is 4.40. The summed E-state index contributed by atoms with van der Waals surface area (Å²) in [5.74, 6) is -0.341. The molecule has 0 saturated heterocycles. The number of hydrogen-bond donors (Lipinski definition) is 0. The van der Waals surface area contributed by atoms with Gasteiger partial charge in [0.1, 0.15) is 0 Å². The van der Waals surface area contributed by atoms with Crippen LogP contribution in [0.1, 0.15) is 29.2 Å². The zero-order valence-electron chi connectivity index (χ0n) is 13.3. The zero-order valence-corrected chi connectivity index (χ0v) is 17.0. The van der Waals surface area contributed by atoms with Gasteiger partial charge in [0.2, 0.25) is 0 Å². The number of benzene rings is 2. The van der Waals surface area contributed by atoms with Crippen molar-refractivity contribution in [2.75, 3.05) is 6.61 Å². The minimum absolute atomic E-state index is 0. The number of halogens is 1. The van der Waals surface area contributed by atoms with Crippen LogP contribution < -0.4 is 24.0 Å². The van der Waals surface area contributed by atoms with Gasteiger partial charge in [0.25, 0.3) is 0 Å². The van der Waals surface area contributed by atoms with Gasteiger partial charge < -0.3 is 28.7 Å². The van der Waals surface area contributed by atoms with Crippen molar-refractivity contribution >= 4 is 11.5 Å². The molecule has 0 heterocycles. The van der Waals surface area contributed by atoms with Crippen LogP contribution in [0.25, 0.3) is 5.57 Å². The maximum Gasteiger partial charge on any atom is 0.339 e. The van der Waals surface area contributed by atoms with Crippen LogP contribution in [0.2, 0.25) is 0 Å². The number of hydrogen-bond acceptors (Lipinski definition) is 2. The van der Waals surface area contributed by atoms with Gasteiger partial charge >= 0.3 is 5.97 Å². The van der Waals surface area contributed by atoms with Crippen LogP contribution in [0.4, 0.5) is 0 Å². The van der Waals surface area contributed by atoms with E-state index in [-0.39, 0.29) is 50.4 Å². The van der Waals surface area contributed by atoms with E-state index in [1.807, 2.05) is 56.3 Å². The molecule has 2 aromatic rings. The van der Waals surface area contributed by atoms with Crippen molar-refractivity contribution in [2.24, 2.45) is 0 Å². The first kappa shape index (κ1) is 22.0. The fraction of sp³-hybridized carbons (Fsp3) is 0.211. The molecule has 125 valence electrons. The first-order valence-corrected chi connectivity index (χ1v) is 7.05. The van der Waals surface area contributed by atoms with Crippen LogP contribution in [-0.4, -0.2) is 12.6 Å². The summed E-state index contributed by atoms with van der Waals surface area (Å²) in [6.07, 6.45) is 3.18. The average molecular weight is 513 g/mol.